The van der Waals surface area contributed by atoms with Gasteiger partial charge in [0, 0.05) is 23.7 Å². The zero-order valence-electron chi connectivity index (χ0n) is 18.8. The Bertz CT molecular complexity index is 1200. The number of benzene rings is 3. The normalized spacial score (nSPS) is 12.2. The molecule has 0 aliphatic carbocycles. The number of hydrogen-bond donors (Lipinski definition) is 1. The first-order chi connectivity index (χ1) is 15.7. The summed E-state index contributed by atoms with van der Waals surface area (Å²) in [6.07, 6.45) is 0. The molecule has 0 aliphatic heterocycles. The van der Waals surface area contributed by atoms with Gasteiger partial charge in [-0.1, -0.05) is 48.0 Å². The van der Waals surface area contributed by atoms with E-state index in [-0.39, 0.29) is 23.4 Å². The van der Waals surface area contributed by atoms with Crippen LogP contribution < -0.4 is 9.62 Å². The van der Waals surface area contributed by atoms with Gasteiger partial charge in [-0.05, 0) is 61.4 Å². The van der Waals surface area contributed by atoms with E-state index in [4.69, 9.17) is 16.3 Å². The summed E-state index contributed by atoms with van der Waals surface area (Å²) in [7, 11) is -2.28. The lowest BCUT2D eigenvalue weighted by Crippen LogP contribution is -2.35. The highest BCUT2D eigenvalue weighted by Gasteiger charge is 2.26. The third-order valence-corrected chi connectivity index (χ3v) is 7.12. The number of aryl methyl sites for hydroxylation is 1. The Morgan fingerprint density at radius 1 is 1.06 bits per heavy atom. The highest BCUT2D eigenvalue weighted by Crippen LogP contribution is 2.31. The molecule has 0 fully saturated rings. The van der Waals surface area contributed by atoms with Crippen LogP contribution in [0, 0.1) is 6.92 Å². The molecule has 3 aromatic carbocycles. The Morgan fingerprint density at radius 2 is 1.73 bits per heavy atom. The minimum atomic E-state index is -3.86. The van der Waals surface area contributed by atoms with Gasteiger partial charge in [-0.2, -0.15) is 0 Å². The van der Waals surface area contributed by atoms with Gasteiger partial charge in [0.25, 0.3) is 15.9 Å². The number of hydrogen-bond acceptors (Lipinski definition) is 4. The second-order valence-electron chi connectivity index (χ2n) is 7.78. The number of ether oxygens (including phenoxy) is 1. The van der Waals surface area contributed by atoms with Crippen LogP contribution in [0.5, 0.6) is 0 Å². The van der Waals surface area contributed by atoms with E-state index in [1.165, 1.54) is 4.31 Å². The van der Waals surface area contributed by atoms with Crippen LogP contribution in [-0.2, 0) is 21.3 Å². The fraction of sp³-hybridized carbons (Fsp3) is 0.240. The Balaban J connectivity index is 1.93. The molecular weight excluding hydrogens is 460 g/mol. The summed E-state index contributed by atoms with van der Waals surface area (Å²) in [6.45, 7) is 4.19. The van der Waals surface area contributed by atoms with E-state index in [0.29, 0.717) is 22.9 Å². The molecule has 0 spiro atoms. The van der Waals surface area contributed by atoms with Gasteiger partial charge in [0.1, 0.15) is 0 Å². The van der Waals surface area contributed by atoms with Crippen molar-refractivity contribution in [2.45, 2.75) is 31.3 Å². The lowest BCUT2D eigenvalue weighted by atomic mass is 10.1. The molecule has 6 nitrogen and oxygen atoms in total. The third kappa shape index (κ3) is 6.13. The van der Waals surface area contributed by atoms with Crippen molar-refractivity contribution in [2.75, 3.05) is 18.0 Å². The second-order valence-corrected chi connectivity index (χ2v) is 10.1. The van der Waals surface area contributed by atoms with E-state index in [0.717, 1.165) is 11.1 Å². The molecule has 0 bridgehead atoms. The number of carbonyl (C=O) groups excluding carboxylic acids is 1. The van der Waals surface area contributed by atoms with Gasteiger partial charge in [0.05, 0.1) is 23.7 Å². The van der Waals surface area contributed by atoms with Crippen molar-refractivity contribution in [1.82, 2.24) is 5.32 Å². The van der Waals surface area contributed by atoms with E-state index in [1.54, 1.807) is 79.9 Å². The molecule has 0 unspecified atom stereocenters. The van der Waals surface area contributed by atoms with E-state index in [9.17, 15) is 13.2 Å². The van der Waals surface area contributed by atoms with E-state index >= 15 is 0 Å². The van der Waals surface area contributed by atoms with Crippen LogP contribution in [0.15, 0.2) is 77.7 Å². The largest absolute Gasteiger partial charge is 0.383 e. The monoisotopic (exact) mass is 486 g/mol. The zero-order chi connectivity index (χ0) is 24.0. The van der Waals surface area contributed by atoms with Gasteiger partial charge < -0.3 is 10.1 Å². The van der Waals surface area contributed by atoms with Crippen LogP contribution in [0.1, 0.15) is 28.4 Å². The van der Waals surface area contributed by atoms with Crippen LogP contribution in [0.4, 0.5) is 5.69 Å². The molecule has 33 heavy (non-hydrogen) atoms. The topological polar surface area (TPSA) is 75.7 Å². The maximum Gasteiger partial charge on any atom is 0.264 e. The lowest BCUT2D eigenvalue weighted by Gasteiger charge is -2.26. The number of sulfonamides is 1. The molecule has 1 atom stereocenters. The molecule has 0 saturated carbocycles. The van der Waals surface area contributed by atoms with Crippen molar-refractivity contribution in [3.63, 3.8) is 0 Å². The molecule has 8 heteroatoms. The molecule has 1 amide bonds. The summed E-state index contributed by atoms with van der Waals surface area (Å²) in [5, 5.41) is 3.30. The molecule has 0 aromatic heterocycles. The molecule has 1 N–H and O–H groups in total. The lowest BCUT2D eigenvalue weighted by molar-refractivity contribution is 0.0905. The van der Waals surface area contributed by atoms with Crippen molar-refractivity contribution in [2.24, 2.45) is 0 Å². The number of methoxy groups -OCH3 is 1. The number of anilines is 1. The third-order valence-electron chi connectivity index (χ3n) is 5.11. The number of halogens is 1. The molecular formula is C25H27ClN2O4S. The summed E-state index contributed by atoms with van der Waals surface area (Å²) in [4.78, 5) is 12.6. The number of nitrogens with one attached hydrogen (secondary N) is 1. The fourth-order valence-corrected chi connectivity index (χ4v) is 5.09. The average molecular weight is 487 g/mol. The number of rotatable bonds is 9. The Labute approximate surface area is 200 Å². The second kappa shape index (κ2) is 10.8. The Hall–Kier alpha value is -2.87. The highest BCUT2D eigenvalue weighted by atomic mass is 35.5. The Morgan fingerprint density at radius 3 is 2.36 bits per heavy atom. The maximum absolute atomic E-state index is 13.6. The SMILES string of the molecule is COC[C@@H](C)NC(=O)c1ccc(CN(c2cc(Cl)ccc2C)S(=O)(=O)c2ccccc2)cc1. The fourth-order valence-electron chi connectivity index (χ4n) is 3.40. The molecule has 174 valence electrons. The van der Waals surface area contributed by atoms with Crippen molar-refractivity contribution < 1.29 is 17.9 Å². The van der Waals surface area contributed by atoms with E-state index < -0.39 is 10.0 Å². The summed E-state index contributed by atoms with van der Waals surface area (Å²) in [5.74, 6) is -0.217. The molecule has 3 aromatic rings. The predicted octanol–water partition coefficient (Wildman–Crippen LogP) is 4.81. The summed E-state index contributed by atoms with van der Waals surface area (Å²) < 4.78 is 33.5. The number of nitrogens with zero attached hydrogens (tertiary/aromatic N) is 1. The first-order valence-electron chi connectivity index (χ1n) is 10.4. The van der Waals surface area contributed by atoms with Gasteiger partial charge in [0.15, 0.2) is 0 Å². The van der Waals surface area contributed by atoms with Crippen LogP contribution in [0.25, 0.3) is 0 Å². The van der Waals surface area contributed by atoms with Crippen LogP contribution >= 0.6 is 11.6 Å². The molecule has 0 heterocycles. The standard InChI is InChI=1S/C25H27ClN2O4S/c1-18-9-14-22(26)15-24(18)28(33(30,31)23-7-5-4-6-8-23)16-20-10-12-21(13-11-20)25(29)27-19(2)17-32-3/h4-15,19H,16-17H2,1-3H3,(H,27,29)/t19-/m1/s1. The number of carbonyl (C=O) groups is 1. The zero-order valence-corrected chi connectivity index (χ0v) is 20.4. The van der Waals surface area contributed by atoms with Gasteiger partial charge in [0.2, 0.25) is 0 Å². The first-order valence-corrected chi connectivity index (χ1v) is 12.3. The minimum Gasteiger partial charge on any atom is -0.383 e. The predicted molar refractivity (Wildman–Crippen MR) is 131 cm³/mol. The van der Waals surface area contributed by atoms with Gasteiger partial charge in [-0.3, -0.25) is 9.10 Å². The van der Waals surface area contributed by atoms with E-state index in [2.05, 4.69) is 5.32 Å². The van der Waals surface area contributed by atoms with Gasteiger partial charge in [-0.25, -0.2) is 8.42 Å². The maximum atomic E-state index is 13.6. The molecule has 0 aliphatic rings. The quantitative estimate of drug-likeness (QED) is 0.471. The average Bonchev–Trinajstić information content (AvgIpc) is 2.80. The molecule has 0 saturated heterocycles. The number of amides is 1. The summed E-state index contributed by atoms with van der Waals surface area (Å²) in [6, 6.07) is 20.2. The summed E-state index contributed by atoms with van der Waals surface area (Å²) >= 11 is 6.20. The van der Waals surface area contributed by atoms with Gasteiger partial charge in [-0.15, -0.1) is 0 Å². The van der Waals surface area contributed by atoms with Crippen molar-refractivity contribution in [1.29, 1.82) is 0 Å². The van der Waals surface area contributed by atoms with Crippen LogP contribution in [0.2, 0.25) is 5.02 Å². The highest BCUT2D eigenvalue weighted by molar-refractivity contribution is 7.92. The van der Waals surface area contributed by atoms with Crippen LogP contribution in [0.3, 0.4) is 0 Å². The molecule has 0 radical (unpaired) electrons. The van der Waals surface area contributed by atoms with Crippen molar-refractivity contribution in [3.05, 3.63) is 94.5 Å². The minimum absolute atomic E-state index is 0.0837. The van der Waals surface area contributed by atoms with Crippen molar-refractivity contribution >= 4 is 33.2 Å². The van der Waals surface area contributed by atoms with Crippen molar-refractivity contribution in [3.8, 4) is 0 Å². The molecule has 3 rings (SSSR count). The smallest absolute Gasteiger partial charge is 0.264 e. The van der Waals surface area contributed by atoms with Gasteiger partial charge >= 0.3 is 0 Å². The summed E-state index contributed by atoms with van der Waals surface area (Å²) in [5.41, 5.74) is 2.50. The Kier molecular flexibility index (Phi) is 8.13. The van der Waals surface area contributed by atoms with E-state index in [1.807, 2.05) is 13.8 Å². The first kappa shape index (κ1) is 24.8. The van der Waals surface area contributed by atoms with Crippen LogP contribution in [-0.4, -0.2) is 34.1 Å².